The summed E-state index contributed by atoms with van der Waals surface area (Å²) in [5.41, 5.74) is 1.97. The highest BCUT2D eigenvalue weighted by Crippen LogP contribution is 2.47. The average molecular weight is 287 g/mol. The smallest absolute Gasteiger partial charge is 0.0161 e. The van der Waals surface area contributed by atoms with Crippen molar-refractivity contribution in [1.29, 1.82) is 0 Å². The predicted octanol–water partition coefficient (Wildman–Crippen LogP) is 5.45. The van der Waals surface area contributed by atoms with Gasteiger partial charge in [-0.2, -0.15) is 0 Å². The summed E-state index contributed by atoms with van der Waals surface area (Å²) < 4.78 is 0. The van der Waals surface area contributed by atoms with E-state index in [9.17, 15) is 0 Å². The summed E-state index contributed by atoms with van der Waals surface area (Å²) in [6, 6.07) is 11.9. The molecule has 1 aliphatic carbocycles. The molecule has 1 fully saturated rings. The van der Waals surface area contributed by atoms with Gasteiger partial charge in [0.25, 0.3) is 0 Å². The van der Waals surface area contributed by atoms with Gasteiger partial charge in [-0.15, -0.1) is 0 Å². The Kier molecular flexibility index (Phi) is 6.76. The first-order chi connectivity index (χ1) is 10.3. The molecule has 1 saturated carbocycles. The molecule has 1 aliphatic rings. The standard InChI is InChI=1S/C20H33N/c1-3-4-5-6-7-11-15-19(21-2)20(16-12-17-20)18-13-9-8-10-14-18/h8-10,13-14,19,21H,3-7,11-12,15-17H2,1-2H3. The van der Waals surface area contributed by atoms with Gasteiger partial charge in [0, 0.05) is 11.5 Å². The number of rotatable bonds is 10. The van der Waals surface area contributed by atoms with Crippen molar-refractivity contribution in [2.45, 2.75) is 82.6 Å². The van der Waals surface area contributed by atoms with Gasteiger partial charge in [-0.3, -0.25) is 0 Å². The molecule has 1 nitrogen and oxygen atoms in total. The van der Waals surface area contributed by atoms with Crippen molar-refractivity contribution in [3.8, 4) is 0 Å². The van der Waals surface area contributed by atoms with Crippen LogP contribution in [0.3, 0.4) is 0 Å². The van der Waals surface area contributed by atoms with Crippen LogP contribution in [0.4, 0.5) is 0 Å². The second kappa shape index (κ2) is 8.58. The minimum Gasteiger partial charge on any atom is -0.316 e. The first-order valence-corrected chi connectivity index (χ1v) is 9.06. The topological polar surface area (TPSA) is 12.0 Å². The van der Waals surface area contributed by atoms with Crippen molar-refractivity contribution >= 4 is 0 Å². The van der Waals surface area contributed by atoms with E-state index in [4.69, 9.17) is 0 Å². The maximum absolute atomic E-state index is 3.65. The van der Waals surface area contributed by atoms with Crippen LogP contribution in [-0.4, -0.2) is 13.1 Å². The summed E-state index contributed by atoms with van der Waals surface area (Å²) in [6.07, 6.45) is 13.8. The normalized spacial score (nSPS) is 18.2. The Labute approximate surface area is 131 Å². The number of unbranched alkanes of at least 4 members (excludes halogenated alkanes) is 5. The molecular weight excluding hydrogens is 254 g/mol. The number of likely N-dealkylation sites (N-methyl/N-ethyl adjacent to an activating group) is 1. The van der Waals surface area contributed by atoms with Crippen LogP contribution in [0.2, 0.25) is 0 Å². The molecule has 1 N–H and O–H groups in total. The fourth-order valence-corrected chi connectivity index (χ4v) is 3.99. The molecule has 2 rings (SSSR count). The molecule has 1 unspecified atom stereocenters. The summed E-state index contributed by atoms with van der Waals surface area (Å²) in [4.78, 5) is 0. The molecule has 1 atom stereocenters. The Bertz CT molecular complexity index is 380. The summed E-state index contributed by atoms with van der Waals surface area (Å²) in [5, 5.41) is 3.65. The van der Waals surface area contributed by atoms with Crippen molar-refractivity contribution in [3.05, 3.63) is 35.9 Å². The van der Waals surface area contributed by atoms with Crippen molar-refractivity contribution < 1.29 is 0 Å². The monoisotopic (exact) mass is 287 g/mol. The highest BCUT2D eigenvalue weighted by Gasteiger charge is 2.44. The summed E-state index contributed by atoms with van der Waals surface area (Å²) >= 11 is 0. The van der Waals surface area contributed by atoms with Gasteiger partial charge in [-0.1, -0.05) is 82.2 Å². The van der Waals surface area contributed by atoms with Gasteiger partial charge < -0.3 is 5.32 Å². The van der Waals surface area contributed by atoms with E-state index < -0.39 is 0 Å². The van der Waals surface area contributed by atoms with Crippen molar-refractivity contribution in [1.82, 2.24) is 5.32 Å². The van der Waals surface area contributed by atoms with Crippen LogP contribution in [0, 0.1) is 0 Å². The lowest BCUT2D eigenvalue weighted by atomic mass is 9.59. The van der Waals surface area contributed by atoms with E-state index in [0.717, 1.165) is 0 Å². The third kappa shape index (κ3) is 4.10. The lowest BCUT2D eigenvalue weighted by Crippen LogP contribution is -2.51. The Morgan fingerprint density at radius 3 is 2.24 bits per heavy atom. The SMILES string of the molecule is CCCCCCCCC(NC)C1(c2ccccc2)CCC1. The molecular formula is C20H33N. The van der Waals surface area contributed by atoms with E-state index in [0.29, 0.717) is 11.5 Å². The first-order valence-electron chi connectivity index (χ1n) is 9.06. The average Bonchev–Trinajstić information content (AvgIpc) is 2.49. The van der Waals surface area contributed by atoms with Crippen molar-refractivity contribution in [3.63, 3.8) is 0 Å². The Morgan fingerprint density at radius 2 is 1.67 bits per heavy atom. The van der Waals surface area contributed by atoms with E-state index in [-0.39, 0.29) is 0 Å². The first kappa shape index (κ1) is 16.5. The fraction of sp³-hybridized carbons (Fsp3) is 0.700. The second-order valence-electron chi connectivity index (χ2n) is 6.77. The minimum absolute atomic E-state index is 0.416. The molecule has 0 bridgehead atoms. The summed E-state index contributed by atoms with van der Waals surface area (Å²) in [6.45, 7) is 2.29. The fourth-order valence-electron chi connectivity index (χ4n) is 3.99. The molecule has 0 aromatic heterocycles. The molecule has 0 saturated heterocycles. The van der Waals surface area contributed by atoms with Crippen LogP contribution in [0.1, 0.15) is 76.7 Å². The van der Waals surface area contributed by atoms with Crippen molar-refractivity contribution in [2.24, 2.45) is 0 Å². The van der Waals surface area contributed by atoms with Crippen LogP contribution in [-0.2, 0) is 5.41 Å². The van der Waals surface area contributed by atoms with Crippen LogP contribution >= 0.6 is 0 Å². The Morgan fingerprint density at radius 1 is 1.00 bits per heavy atom. The molecule has 1 aromatic carbocycles. The third-order valence-corrected chi connectivity index (χ3v) is 5.46. The molecule has 0 amide bonds. The van der Waals surface area contributed by atoms with Gasteiger partial charge in [0.15, 0.2) is 0 Å². The molecule has 0 aliphatic heterocycles. The van der Waals surface area contributed by atoms with E-state index in [2.05, 4.69) is 49.6 Å². The summed E-state index contributed by atoms with van der Waals surface area (Å²) in [7, 11) is 2.16. The van der Waals surface area contributed by atoms with Crippen LogP contribution < -0.4 is 5.32 Å². The molecule has 0 spiro atoms. The third-order valence-electron chi connectivity index (χ3n) is 5.46. The molecule has 1 aromatic rings. The van der Waals surface area contributed by atoms with Gasteiger partial charge in [-0.05, 0) is 31.9 Å². The van der Waals surface area contributed by atoms with Crippen LogP contribution in [0.5, 0.6) is 0 Å². The number of hydrogen-bond donors (Lipinski definition) is 1. The van der Waals surface area contributed by atoms with E-state index in [1.807, 2.05) is 0 Å². The molecule has 118 valence electrons. The van der Waals surface area contributed by atoms with Gasteiger partial charge in [0.05, 0.1) is 0 Å². The van der Waals surface area contributed by atoms with Gasteiger partial charge >= 0.3 is 0 Å². The maximum Gasteiger partial charge on any atom is 0.0161 e. The predicted molar refractivity (Wildman–Crippen MR) is 92.8 cm³/mol. The number of benzene rings is 1. The number of hydrogen-bond acceptors (Lipinski definition) is 1. The highest BCUT2D eigenvalue weighted by atomic mass is 14.9. The lowest BCUT2D eigenvalue weighted by Gasteiger charge is -2.48. The minimum atomic E-state index is 0.416. The van der Waals surface area contributed by atoms with E-state index in [1.54, 1.807) is 5.56 Å². The quantitative estimate of drug-likeness (QED) is 0.564. The van der Waals surface area contributed by atoms with Gasteiger partial charge in [0.1, 0.15) is 0 Å². The maximum atomic E-state index is 3.65. The lowest BCUT2D eigenvalue weighted by molar-refractivity contribution is 0.165. The van der Waals surface area contributed by atoms with E-state index >= 15 is 0 Å². The molecule has 21 heavy (non-hydrogen) atoms. The molecule has 0 radical (unpaired) electrons. The molecule has 0 heterocycles. The zero-order valence-electron chi connectivity index (χ0n) is 14.0. The van der Waals surface area contributed by atoms with E-state index in [1.165, 1.54) is 64.2 Å². The second-order valence-corrected chi connectivity index (χ2v) is 6.77. The van der Waals surface area contributed by atoms with Crippen molar-refractivity contribution in [2.75, 3.05) is 7.05 Å². The molecule has 1 heteroatoms. The van der Waals surface area contributed by atoms with Gasteiger partial charge in [-0.25, -0.2) is 0 Å². The Hall–Kier alpha value is -0.820. The summed E-state index contributed by atoms with van der Waals surface area (Å²) in [5.74, 6) is 0. The van der Waals surface area contributed by atoms with Crippen LogP contribution in [0.25, 0.3) is 0 Å². The Balaban J connectivity index is 1.87. The largest absolute Gasteiger partial charge is 0.316 e. The number of nitrogens with one attached hydrogen (secondary N) is 1. The zero-order valence-corrected chi connectivity index (χ0v) is 14.0. The van der Waals surface area contributed by atoms with Gasteiger partial charge in [0.2, 0.25) is 0 Å². The van der Waals surface area contributed by atoms with Crippen LogP contribution in [0.15, 0.2) is 30.3 Å². The zero-order chi connectivity index (χ0) is 15.0. The highest BCUT2D eigenvalue weighted by molar-refractivity contribution is 5.30.